The summed E-state index contributed by atoms with van der Waals surface area (Å²) in [4.78, 5) is 24.4. The molecule has 0 unspecified atom stereocenters. The van der Waals surface area contributed by atoms with Gasteiger partial charge < -0.3 is 14.8 Å². The minimum atomic E-state index is -0.622. The van der Waals surface area contributed by atoms with Crippen LogP contribution in [-0.4, -0.2) is 24.7 Å². The molecule has 0 aromatic heterocycles. The van der Waals surface area contributed by atoms with Crippen LogP contribution in [0.1, 0.15) is 31.1 Å². The summed E-state index contributed by atoms with van der Waals surface area (Å²) in [7, 11) is 1.49. The molecule has 6 nitrogen and oxygen atoms in total. The van der Waals surface area contributed by atoms with Gasteiger partial charge in [0.1, 0.15) is 11.4 Å². The van der Waals surface area contributed by atoms with Gasteiger partial charge >= 0.3 is 6.09 Å². The summed E-state index contributed by atoms with van der Waals surface area (Å²) in [5.74, 6) is 0.181. The lowest BCUT2D eigenvalue weighted by Crippen LogP contribution is -2.27. The third-order valence-corrected chi connectivity index (χ3v) is 3.90. The monoisotopic (exact) mass is 420 g/mol. The van der Waals surface area contributed by atoms with Crippen molar-refractivity contribution in [3.63, 3.8) is 0 Å². The Balaban J connectivity index is 2.19. The van der Waals surface area contributed by atoms with Gasteiger partial charge in [-0.2, -0.15) is 0 Å². The number of halogens is 1. The molecule has 0 fully saturated rings. The van der Waals surface area contributed by atoms with Crippen molar-refractivity contribution in [3.8, 4) is 5.75 Å². The first-order valence-corrected chi connectivity index (χ1v) is 8.73. The molecule has 2 aromatic carbocycles. The predicted octanol–water partition coefficient (Wildman–Crippen LogP) is 5.06. The maximum atomic E-state index is 12.4. The highest BCUT2D eigenvalue weighted by Gasteiger charge is 2.18. The van der Waals surface area contributed by atoms with Crippen LogP contribution in [0.5, 0.6) is 5.75 Å². The number of ether oxygens (including phenoxy) is 2. The van der Waals surface area contributed by atoms with Gasteiger partial charge in [0.05, 0.1) is 18.4 Å². The van der Waals surface area contributed by atoms with Crippen molar-refractivity contribution in [1.29, 1.82) is 0 Å². The second-order valence-electron chi connectivity index (χ2n) is 6.48. The number of rotatable bonds is 4. The number of benzene rings is 2. The topological polar surface area (TPSA) is 76.7 Å². The van der Waals surface area contributed by atoms with E-state index in [1.54, 1.807) is 57.2 Å². The van der Waals surface area contributed by atoms with Gasteiger partial charge in [0, 0.05) is 10.2 Å². The molecule has 0 bridgehead atoms. The highest BCUT2D eigenvalue weighted by Crippen LogP contribution is 2.29. The number of methoxy groups -OCH3 is 1. The van der Waals surface area contributed by atoms with Gasteiger partial charge in [-0.25, -0.2) is 4.79 Å². The highest BCUT2D eigenvalue weighted by atomic mass is 79.9. The third-order valence-electron chi connectivity index (χ3n) is 3.21. The smallest absolute Gasteiger partial charge is 0.412 e. The summed E-state index contributed by atoms with van der Waals surface area (Å²) >= 11 is 3.35. The Labute approximate surface area is 161 Å². The third kappa shape index (κ3) is 5.49. The first-order valence-electron chi connectivity index (χ1n) is 7.93. The van der Waals surface area contributed by atoms with Gasteiger partial charge in [-0.1, -0.05) is 12.1 Å². The van der Waals surface area contributed by atoms with E-state index in [1.165, 1.54) is 7.11 Å². The Morgan fingerprint density at radius 3 is 2.35 bits per heavy atom. The molecule has 0 radical (unpaired) electrons. The molecule has 26 heavy (non-hydrogen) atoms. The van der Waals surface area contributed by atoms with Crippen molar-refractivity contribution in [2.24, 2.45) is 0 Å². The summed E-state index contributed by atoms with van der Waals surface area (Å²) in [5, 5.41) is 5.43. The minimum absolute atomic E-state index is 0.272. The molecule has 0 aliphatic heterocycles. The zero-order valence-electron chi connectivity index (χ0n) is 15.1. The largest absolute Gasteiger partial charge is 0.495 e. The molecule has 0 saturated carbocycles. The molecule has 2 amide bonds. The van der Waals surface area contributed by atoms with Crippen LogP contribution in [0.4, 0.5) is 16.2 Å². The maximum absolute atomic E-state index is 12.4. The van der Waals surface area contributed by atoms with Crippen LogP contribution in [0.15, 0.2) is 46.9 Å². The van der Waals surface area contributed by atoms with E-state index in [4.69, 9.17) is 9.47 Å². The lowest BCUT2D eigenvalue weighted by atomic mass is 10.2. The molecule has 0 aliphatic rings. The van der Waals surface area contributed by atoms with Crippen LogP contribution in [-0.2, 0) is 4.74 Å². The van der Waals surface area contributed by atoms with E-state index in [0.717, 1.165) is 0 Å². The Kier molecular flexibility index (Phi) is 6.26. The molecule has 0 spiro atoms. The quantitative estimate of drug-likeness (QED) is 0.724. The van der Waals surface area contributed by atoms with Crippen LogP contribution in [0, 0.1) is 0 Å². The molecule has 0 aliphatic carbocycles. The summed E-state index contributed by atoms with van der Waals surface area (Å²) < 4.78 is 11.2. The molecule has 0 heterocycles. The highest BCUT2D eigenvalue weighted by molar-refractivity contribution is 9.10. The van der Waals surface area contributed by atoms with Gasteiger partial charge in [-0.15, -0.1) is 0 Å². The van der Waals surface area contributed by atoms with Gasteiger partial charge in [0.25, 0.3) is 5.91 Å². The van der Waals surface area contributed by atoms with Crippen molar-refractivity contribution in [3.05, 3.63) is 52.5 Å². The fourth-order valence-corrected chi connectivity index (χ4v) is 2.61. The molecule has 138 valence electrons. The van der Waals surface area contributed by atoms with Crippen LogP contribution >= 0.6 is 15.9 Å². The average molecular weight is 421 g/mol. The van der Waals surface area contributed by atoms with Crippen LogP contribution in [0.2, 0.25) is 0 Å². The standard InChI is InChI=1S/C19H21BrN2O4/c1-19(2,3)26-18(24)22-15-11-12(9-10-16(15)25-4)21-17(23)13-7-5-6-8-14(13)20/h5-11H,1-4H3,(H,21,23)(H,22,24). The summed E-state index contributed by atoms with van der Waals surface area (Å²) in [6.45, 7) is 5.33. The zero-order valence-corrected chi connectivity index (χ0v) is 16.6. The Morgan fingerprint density at radius 2 is 1.73 bits per heavy atom. The number of amides is 2. The molecular formula is C19H21BrN2O4. The van der Waals surface area contributed by atoms with E-state index in [2.05, 4.69) is 26.6 Å². The van der Waals surface area contributed by atoms with E-state index in [0.29, 0.717) is 27.2 Å². The fourth-order valence-electron chi connectivity index (χ4n) is 2.14. The number of anilines is 2. The van der Waals surface area contributed by atoms with Gasteiger partial charge in [-0.3, -0.25) is 10.1 Å². The van der Waals surface area contributed by atoms with E-state index in [1.807, 2.05) is 6.07 Å². The summed E-state index contributed by atoms with van der Waals surface area (Å²) in [6, 6.07) is 12.1. The Hall–Kier alpha value is -2.54. The Bertz CT molecular complexity index is 815. The molecule has 0 saturated heterocycles. The molecule has 0 atom stereocenters. The van der Waals surface area contributed by atoms with Gasteiger partial charge in [0.2, 0.25) is 0 Å². The van der Waals surface area contributed by atoms with Crippen LogP contribution in [0.25, 0.3) is 0 Å². The molecular weight excluding hydrogens is 400 g/mol. The van der Waals surface area contributed by atoms with Gasteiger partial charge in [0.15, 0.2) is 0 Å². The number of nitrogens with one attached hydrogen (secondary N) is 2. The second-order valence-corrected chi connectivity index (χ2v) is 7.33. The molecule has 2 rings (SSSR count). The summed E-state index contributed by atoms with van der Waals surface area (Å²) in [5.41, 5.74) is 0.789. The van der Waals surface area contributed by atoms with Crippen LogP contribution < -0.4 is 15.4 Å². The lowest BCUT2D eigenvalue weighted by Gasteiger charge is -2.20. The minimum Gasteiger partial charge on any atom is -0.495 e. The number of hydrogen-bond acceptors (Lipinski definition) is 4. The van der Waals surface area contributed by atoms with E-state index >= 15 is 0 Å². The number of hydrogen-bond donors (Lipinski definition) is 2. The molecule has 2 aromatic rings. The Morgan fingerprint density at radius 1 is 1.04 bits per heavy atom. The first-order chi connectivity index (χ1) is 12.2. The van der Waals surface area contributed by atoms with Crippen molar-refractivity contribution < 1.29 is 19.1 Å². The summed E-state index contributed by atoms with van der Waals surface area (Å²) in [6.07, 6.45) is -0.606. The van der Waals surface area contributed by atoms with Crippen molar-refractivity contribution in [2.45, 2.75) is 26.4 Å². The lowest BCUT2D eigenvalue weighted by molar-refractivity contribution is 0.0635. The predicted molar refractivity (Wildman–Crippen MR) is 105 cm³/mol. The van der Waals surface area contributed by atoms with Gasteiger partial charge in [-0.05, 0) is 67.0 Å². The van der Waals surface area contributed by atoms with E-state index in [-0.39, 0.29) is 5.91 Å². The fraction of sp³-hybridized carbons (Fsp3) is 0.263. The van der Waals surface area contributed by atoms with Crippen LogP contribution in [0.3, 0.4) is 0 Å². The average Bonchev–Trinajstić information content (AvgIpc) is 2.53. The molecule has 2 N–H and O–H groups in total. The van der Waals surface area contributed by atoms with E-state index < -0.39 is 11.7 Å². The van der Waals surface area contributed by atoms with Crippen molar-refractivity contribution >= 4 is 39.3 Å². The SMILES string of the molecule is COc1ccc(NC(=O)c2ccccc2Br)cc1NC(=O)OC(C)(C)C. The van der Waals surface area contributed by atoms with E-state index in [9.17, 15) is 9.59 Å². The number of carbonyl (C=O) groups excluding carboxylic acids is 2. The maximum Gasteiger partial charge on any atom is 0.412 e. The second kappa shape index (κ2) is 8.23. The number of carbonyl (C=O) groups is 2. The van der Waals surface area contributed by atoms with Crippen molar-refractivity contribution in [1.82, 2.24) is 0 Å². The molecule has 7 heteroatoms. The first kappa shape index (κ1) is 19.8. The van der Waals surface area contributed by atoms with Crippen molar-refractivity contribution in [2.75, 3.05) is 17.7 Å². The zero-order chi connectivity index (χ0) is 19.3. The normalized spacial score (nSPS) is 10.8.